The van der Waals surface area contributed by atoms with Crippen molar-refractivity contribution in [1.29, 1.82) is 0 Å². The summed E-state index contributed by atoms with van der Waals surface area (Å²) >= 11 is 0. The lowest BCUT2D eigenvalue weighted by molar-refractivity contribution is -0.346. The lowest BCUT2D eigenvalue weighted by Crippen LogP contribution is -2.62. The quantitative estimate of drug-likeness (QED) is 0.225. The summed E-state index contributed by atoms with van der Waals surface area (Å²) in [5, 5.41) is 78.0. The summed E-state index contributed by atoms with van der Waals surface area (Å²) in [7, 11) is 0. The van der Waals surface area contributed by atoms with E-state index in [0.29, 0.717) is 0 Å². The Balaban J connectivity index is 2.14. The van der Waals surface area contributed by atoms with Gasteiger partial charge in [0, 0.05) is 6.42 Å². The lowest BCUT2D eigenvalue weighted by atomic mass is 9.97. The van der Waals surface area contributed by atoms with E-state index in [-0.39, 0.29) is 0 Å². The van der Waals surface area contributed by atoms with Crippen LogP contribution in [0.1, 0.15) is 6.42 Å². The van der Waals surface area contributed by atoms with E-state index in [1.165, 1.54) is 0 Å². The maximum absolute atomic E-state index is 10.5. The fourth-order valence-electron chi connectivity index (χ4n) is 2.79. The largest absolute Gasteiger partial charge is 0.394 e. The van der Waals surface area contributed by atoms with Crippen LogP contribution in [0.3, 0.4) is 0 Å². The molecule has 0 spiro atoms. The van der Waals surface area contributed by atoms with Gasteiger partial charge in [0.25, 0.3) is 0 Å². The molecule has 0 radical (unpaired) electrons. The molecule has 0 aromatic rings. The molecule has 11 nitrogen and oxygen atoms in total. The molecule has 2 saturated heterocycles. The van der Waals surface area contributed by atoms with E-state index in [9.17, 15) is 30.6 Å². The van der Waals surface area contributed by atoms with Crippen LogP contribution in [-0.4, -0.2) is 115 Å². The minimum absolute atomic E-state index is 0.540. The van der Waals surface area contributed by atoms with Crippen LogP contribution in [0.5, 0.6) is 0 Å². The summed E-state index contributed by atoms with van der Waals surface area (Å²) in [5.74, 6) is -2.23. The summed E-state index contributed by atoms with van der Waals surface area (Å²) < 4.78 is 15.2. The average molecular weight is 356 g/mol. The predicted molar refractivity (Wildman–Crippen MR) is 73.3 cm³/mol. The van der Waals surface area contributed by atoms with Crippen molar-refractivity contribution in [2.45, 2.75) is 61.2 Å². The molecule has 2 heterocycles. The maximum Gasteiger partial charge on any atom is 0.192 e. The highest BCUT2D eigenvalue weighted by atomic mass is 16.7. The normalized spacial score (nSPS) is 50.5. The second-order valence-electron chi connectivity index (χ2n) is 6.05. The molecule has 8 N–H and O–H groups in total. The Labute approximate surface area is 137 Å². The smallest absolute Gasteiger partial charge is 0.192 e. The van der Waals surface area contributed by atoms with Crippen LogP contribution in [0.15, 0.2) is 0 Å². The Morgan fingerprint density at radius 1 is 0.917 bits per heavy atom. The first-order chi connectivity index (χ1) is 11.2. The SMILES string of the molecule is OCC1O[C@@H](O)C(O)C(O[C@]2(O)COC(CO)[C@@H](O)C(O)C2)[C@@H]1O. The fourth-order valence-corrected chi connectivity index (χ4v) is 2.79. The van der Waals surface area contributed by atoms with E-state index in [2.05, 4.69) is 0 Å². The van der Waals surface area contributed by atoms with E-state index >= 15 is 0 Å². The Kier molecular flexibility index (Phi) is 6.50. The lowest BCUT2D eigenvalue weighted by Gasteiger charge is -2.43. The van der Waals surface area contributed by atoms with Crippen LogP contribution in [-0.2, 0) is 14.2 Å². The molecule has 2 rings (SSSR count). The van der Waals surface area contributed by atoms with Gasteiger partial charge in [0.05, 0.1) is 19.3 Å². The maximum atomic E-state index is 10.5. The Hall–Kier alpha value is -0.440. The van der Waals surface area contributed by atoms with Gasteiger partial charge in [0.15, 0.2) is 12.1 Å². The minimum atomic E-state index is -2.23. The monoisotopic (exact) mass is 356 g/mol. The second-order valence-corrected chi connectivity index (χ2v) is 6.05. The minimum Gasteiger partial charge on any atom is -0.394 e. The van der Waals surface area contributed by atoms with Gasteiger partial charge in [0.2, 0.25) is 0 Å². The standard InChI is InChI=1S/C13H24O11/c14-2-6-8(17)5(16)1-13(21,4-22-6)24-11-9(18)7(3-15)23-12(20)10(11)19/h5-12,14-21H,1-4H2/t5?,6?,7?,8-,9+,10?,11?,12+,13-/m0/s1. The number of aliphatic hydroxyl groups excluding tert-OH is 7. The summed E-state index contributed by atoms with van der Waals surface area (Å²) in [6.07, 6.45) is -12.6. The van der Waals surface area contributed by atoms with Gasteiger partial charge in [-0.15, -0.1) is 0 Å². The zero-order chi connectivity index (χ0) is 18.1. The zero-order valence-corrected chi connectivity index (χ0v) is 12.7. The highest BCUT2D eigenvalue weighted by molar-refractivity contribution is 4.93. The molecule has 0 aromatic carbocycles. The number of rotatable bonds is 4. The molecule has 0 saturated carbocycles. The highest BCUT2D eigenvalue weighted by Gasteiger charge is 2.50. The van der Waals surface area contributed by atoms with Gasteiger partial charge < -0.3 is 55.1 Å². The number of ether oxygens (including phenoxy) is 3. The molecule has 5 unspecified atom stereocenters. The van der Waals surface area contributed by atoms with Gasteiger partial charge in [-0.3, -0.25) is 0 Å². The molecule has 2 aliphatic heterocycles. The third kappa shape index (κ3) is 4.03. The molecule has 11 heteroatoms. The third-order valence-electron chi connectivity index (χ3n) is 4.20. The van der Waals surface area contributed by atoms with Crippen LogP contribution in [0.25, 0.3) is 0 Å². The molecule has 9 atom stereocenters. The molecule has 0 aromatic heterocycles. The average Bonchev–Trinajstić information content (AvgIpc) is 2.65. The van der Waals surface area contributed by atoms with Crippen molar-refractivity contribution in [3.05, 3.63) is 0 Å². The van der Waals surface area contributed by atoms with Crippen molar-refractivity contribution in [3.8, 4) is 0 Å². The van der Waals surface area contributed by atoms with Crippen molar-refractivity contribution in [1.82, 2.24) is 0 Å². The molecule has 142 valence electrons. The molecule has 2 aliphatic rings. The van der Waals surface area contributed by atoms with Crippen LogP contribution in [0, 0.1) is 0 Å². The van der Waals surface area contributed by atoms with Crippen LogP contribution in [0.4, 0.5) is 0 Å². The van der Waals surface area contributed by atoms with Gasteiger partial charge in [-0.05, 0) is 0 Å². The Morgan fingerprint density at radius 3 is 2.12 bits per heavy atom. The van der Waals surface area contributed by atoms with Crippen LogP contribution in [0.2, 0.25) is 0 Å². The van der Waals surface area contributed by atoms with E-state index < -0.39 is 81.0 Å². The van der Waals surface area contributed by atoms with Crippen molar-refractivity contribution in [3.63, 3.8) is 0 Å². The number of hydrogen-bond donors (Lipinski definition) is 8. The van der Waals surface area contributed by atoms with Gasteiger partial charge in [-0.2, -0.15) is 0 Å². The molecule has 24 heavy (non-hydrogen) atoms. The Morgan fingerprint density at radius 2 is 1.54 bits per heavy atom. The number of hydrogen-bond acceptors (Lipinski definition) is 11. The fraction of sp³-hybridized carbons (Fsp3) is 1.00. The van der Waals surface area contributed by atoms with E-state index in [1.807, 2.05) is 0 Å². The molecular formula is C13H24O11. The molecule has 0 amide bonds. The molecular weight excluding hydrogens is 332 g/mol. The highest BCUT2D eigenvalue weighted by Crippen LogP contribution is 2.30. The van der Waals surface area contributed by atoms with Crippen LogP contribution < -0.4 is 0 Å². The molecule has 2 fully saturated rings. The zero-order valence-electron chi connectivity index (χ0n) is 12.7. The van der Waals surface area contributed by atoms with E-state index in [0.717, 1.165) is 0 Å². The topological polar surface area (TPSA) is 190 Å². The van der Waals surface area contributed by atoms with Crippen LogP contribution >= 0.6 is 0 Å². The Bertz CT molecular complexity index is 409. The summed E-state index contributed by atoms with van der Waals surface area (Å²) in [6, 6.07) is 0. The van der Waals surface area contributed by atoms with Gasteiger partial charge in [0.1, 0.15) is 43.2 Å². The number of aliphatic hydroxyl groups is 8. The van der Waals surface area contributed by atoms with E-state index in [1.54, 1.807) is 0 Å². The van der Waals surface area contributed by atoms with Crippen molar-refractivity contribution >= 4 is 0 Å². The van der Waals surface area contributed by atoms with Gasteiger partial charge >= 0.3 is 0 Å². The van der Waals surface area contributed by atoms with Crippen molar-refractivity contribution in [2.24, 2.45) is 0 Å². The second kappa shape index (κ2) is 7.85. The molecule has 0 aliphatic carbocycles. The first-order valence-electron chi connectivity index (χ1n) is 7.51. The summed E-state index contributed by atoms with van der Waals surface area (Å²) in [6.45, 7) is -1.86. The first kappa shape index (κ1) is 19.9. The van der Waals surface area contributed by atoms with Gasteiger partial charge in [-0.25, -0.2) is 0 Å². The van der Waals surface area contributed by atoms with Crippen molar-refractivity contribution < 1.29 is 55.1 Å². The first-order valence-corrected chi connectivity index (χ1v) is 7.51. The molecule has 0 bridgehead atoms. The summed E-state index contributed by atoms with van der Waals surface area (Å²) in [5.41, 5.74) is 0. The van der Waals surface area contributed by atoms with E-state index in [4.69, 9.17) is 24.4 Å². The predicted octanol–water partition coefficient (Wildman–Crippen LogP) is -5.01. The van der Waals surface area contributed by atoms with Gasteiger partial charge in [-0.1, -0.05) is 0 Å². The summed E-state index contributed by atoms with van der Waals surface area (Å²) in [4.78, 5) is 0. The third-order valence-corrected chi connectivity index (χ3v) is 4.20. The van der Waals surface area contributed by atoms with Crippen molar-refractivity contribution in [2.75, 3.05) is 19.8 Å².